The lowest BCUT2D eigenvalue weighted by Gasteiger charge is -2.16. The Morgan fingerprint density at radius 2 is 1.75 bits per heavy atom. The number of amides is 1. The second kappa shape index (κ2) is 7.73. The van der Waals surface area contributed by atoms with Gasteiger partial charge in [-0.2, -0.15) is 0 Å². The number of carboxylic acid groups (broad SMARTS) is 1. The van der Waals surface area contributed by atoms with Crippen molar-refractivity contribution in [1.29, 1.82) is 0 Å². The largest absolute Gasteiger partial charge is 0.479 e. The zero-order chi connectivity index (χ0) is 19.7. The Morgan fingerprint density at radius 3 is 2.29 bits per heavy atom. The number of hydrogen-bond acceptors (Lipinski definition) is 5. The fraction of sp³-hybridized carbons (Fsp3) is 0.150. The van der Waals surface area contributed by atoms with Crippen molar-refractivity contribution >= 4 is 39.3 Å². The van der Waals surface area contributed by atoms with E-state index in [1.807, 2.05) is 36.4 Å². The Hall–Kier alpha value is -2.71. The van der Waals surface area contributed by atoms with Crippen LogP contribution in [0.5, 0.6) is 0 Å². The van der Waals surface area contributed by atoms with Crippen LogP contribution in [0.25, 0.3) is 11.1 Å². The van der Waals surface area contributed by atoms with E-state index in [4.69, 9.17) is 4.74 Å². The summed E-state index contributed by atoms with van der Waals surface area (Å²) in [6, 6.07) is 14.8. The van der Waals surface area contributed by atoms with E-state index in [2.05, 4.69) is 38.4 Å². The van der Waals surface area contributed by atoms with Crippen molar-refractivity contribution in [2.75, 3.05) is 6.61 Å². The fourth-order valence-corrected chi connectivity index (χ4v) is 4.47. The minimum absolute atomic E-state index is 0.0881. The van der Waals surface area contributed by atoms with Crippen molar-refractivity contribution in [3.8, 4) is 11.1 Å². The highest BCUT2D eigenvalue weighted by molar-refractivity contribution is 9.11. The summed E-state index contributed by atoms with van der Waals surface area (Å²) in [6.07, 6.45) is -0.793. The lowest BCUT2D eigenvalue weighted by atomic mass is 9.98. The molecule has 1 unspecified atom stereocenters. The molecule has 0 saturated heterocycles. The first kappa shape index (κ1) is 18.6. The number of aliphatic carboxylic acids is 1. The van der Waals surface area contributed by atoms with Gasteiger partial charge in [0.2, 0.25) is 0 Å². The van der Waals surface area contributed by atoms with Crippen molar-refractivity contribution in [2.24, 2.45) is 0 Å². The highest BCUT2D eigenvalue weighted by Gasteiger charge is 2.30. The Bertz CT molecular complexity index is 1010. The lowest BCUT2D eigenvalue weighted by molar-refractivity contribution is -0.139. The van der Waals surface area contributed by atoms with Gasteiger partial charge in [-0.05, 0) is 38.2 Å². The summed E-state index contributed by atoms with van der Waals surface area (Å²) in [7, 11) is 0. The smallest absolute Gasteiger partial charge is 0.408 e. The van der Waals surface area contributed by atoms with E-state index in [-0.39, 0.29) is 18.2 Å². The fourth-order valence-electron chi connectivity index (χ4n) is 3.42. The van der Waals surface area contributed by atoms with Gasteiger partial charge in [-0.15, -0.1) is 11.3 Å². The molecule has 8 heteroatoms. The van der Waals surface area contributed by atoms with Crippen LogP contribution in [0.4, 0.5) is 4.79 Å². The SMILES string of the molecule is O=C(NC(C(=O)O)c1csc(Br)n1)OCC1c2ccccc2-c2ccccc21. The Morgan fingerprint density at radius 1 is 1.14 bits per heavy atom. The number of nitrogens with zero attached hydrogens (tertiary/aromatic N) is 1. The molecule has 1 aliphatic rings. The number of thiazole rings is 1. The molecule has 6 nitrogen and oxygen atoms in total. The number of fused-ring (bicyclic) bond motifs is 3. The van der Waals surface area contributed by atoms with E-state index in [1.54, 1.807) is 5.38 Å². The van der Waals surface area contributed by atoms with Gasteiger partial charge in [-0.3, -0.25) is 0 Å². The molecule has 1 atom stereocenters. The second-order valence-electron chi connectivity index (χ2n) is 6.27. The second-order valence-corrected chi connectivity index (χ2v) is 8.40. The number of benzene rings is 2. The number of ether oxygens (including phenoxy) is 1. The number of halogens is 1. The molecule has 0 spiro atoms. The molecular weight excluding hydrogens is 444 g/mol. The summed E-state index contributed by atoms with van der Waals surface area (Å²) in [5.41, 5.74) is 4.69. The summed E-state index contributed by atoms with van der Waals surface area (Å²) in [5, 5.41) is 13.4. The molecule has 1 amide bonds. The third kappa shape index (κ3) is 3.53. The molecule has 2 aromatic carbocycles. The normalized spacial score (nSPS) is 13.5. The molecule has 0 radical (unpaired) electrons. The summed E-state index contributed by atoms with van der Waals surface area (Å²) >= 11 is 4.44. The molecule has 2 N–H and O–H groups in total. The monoisotopic (exact) mass is 458 g/mol. The minimum Gasteiger partial charge on any atom is -0.479 e. The Balaban J connectivity index is 1.48. The van der Waals surface area contributed by atoms with Crippen molar-refractivity contribution in [2.45, 2.75) is 12.0 Å². The summed E-state index contributed by atoms with van der Waals surface area (Å²) < 4.78 is 5.94. The molecule has 142 valence electrons. The van der Waals surface area contributed by atoms with Gasteiger partial charge in [0.25, 0.3) is 0 Å². The maximum absolute atomic E-state index is 12.3. The van der Waals surface area contributed by atoms with E-state index in [0.29, 0.717) is 3.92 Å². The zero-order valence-corrected chi connectivity index (χ0v) is 16.9. The Kier molecular flexibility index (Phi) is 5.15. The standard InChI is InChI=1S/C20H15BrN2O4S/c21-19-22-16(10-28-19)17(18(24)25)23-20(26)27-9-15-13-7-3-1-5-11(13)12-6-2-4-8-14(12)15/h1-8,10,15,17H,9H2,(H,23,26)(H,24,25). The van der Waals surface area contributed by atoms with E-state index in [9.17, 15) is 14.7 Å². The van der Waals surface area contributed by atoms with Crippen LogP contribution in [0.3, 0.4) is 0 Å². The van der Waals surface area contributed by atoms with Crippen LogP contribution in [0, 0.1) is 0 Å². The molecule has 3 aromatic rings. The van der Waals surface area contributed by atoms with Gasteiger partial charge in [-0.1, -0.05) is 48.5 Å². The summed E-state index contributed by atoms with van der Waals surface area (Å²) in [4.78, 5) is 27.9. The first-order chi connectivity index (χ1) is 13.5. The van der Waals surface area contributed by atoms with Gasteiger partial charge < -0.3 is 15.2 Å². The molecule has 0 aliphatic heterocycles. The van der Waals surface area contributed by atoms with Crippen LogP contribution >= 0.6 is 27.3 Å². The molecule has 0 saturated carbocycles. The van der Waals surface area contributed by atoms with Crippen LogP contribution in [0.15, 0.2) is 57.8 Å². The van der Waals surface area contributed by atoms with Gasteiger partial charge in [-0.25, -0.2) is 14.6 Å². The molecule has 1 heterocycles. The zero-order valence-electron chi connectivity index (χ0n) is 14.5. The number of carbonyl (C=O) groups is 2. The van der Waals surface area contributed by atoms with Gasteiger partial charge >= 0.3 is 12.1 Å². The number of carbonyl (C=O) groups excluding carboxylic acids is 1. The van der Waals surface area contributed by atoms with Crippen LogP contribution in [0.2, 0.25) is 0 Å². The molecular formula is C20H15BrN2O4S. The van der Waals surface area contributed by atoms with Crippen LogP contribution in [0.1, 0.15) is 28.8 Å². The maximum Gasteiger partial charge on any atom is 0.408 e. The van der Waals surface area contributed by atoms with Crippen molar-refractivity contribution in [3.05, 3.63) is 74.6 Å². The summed E-state index contributed by atoms with van der Waals surface area (Å²) in [6.45, 7) is 0.118. The van der Waals surface area contributed by atoms with E-state index in [1.165, 1.54) is 11.3 Å². The number of aromatic nitrogens is 1. The van der Waals surface area contributed by atoms with E-state index < -0.39 is 18.1 Å². The highest BCUT2D eigenvalue weighted by atomic mass is 79.9. The minimum atomic E-state index is -1.27. The van der Waals surface area contributed by atoms with Crippen LogP contribution < -0.4 is 5.32 Å². The number of nitrogens with one attached hydrogen (secondary N) is 1. The van der Waals surface area contributed by atoms with Crippen molar-refractivity contribution in [3.63, 3.8) is 0 Å². The van der Waals surface area contributed by atoms with Crippen molar-refractivity contribution in [1.82, 2.24) is 10.3 Å². The maximum atomic E-state index is 12.3. The number of rotatable bonds is 5. The number of hydrogen-bond donors (Lipinski definition) is 2. The summed E-state index contributed by atoms with van der Waals surface area (Å²) in [5.74, 6) is -1.29. The molecule has 1 aromatic heterocycles. The average Bonchev–Trinajstić information content (AvgIpc) is 3.26. The molecule has 28 heavy (non-hydrogen) atoms. The van der Waals surface area contributed by atoms with Gasteiger partial charge in [0, 0.05) is 11.3 Å². The lowest BCUT2D eigenvalue weighted by Crippen LogP contribution is -2.35. The van der Waals surface area contributed by atoms with Crippen molar-refractivity contribution < 1.29 is 19.4 Å². The topological polar surface area (TPSA) is 88.5 Å². The quantitative estimate of drug-likeness (QED) is 0.584. The predicted molar refractivity (Wildman–Crippen MR) is 108 cm³/mol. The first-order valence-corrected chi connectivity index (χ1v) is 10.2. The van der Waals surface area contributed by atoms with Gasteiger partial charge in [0.15, 0.2) is 9.96 Å². The van der Waals surface area contributed by atoms with E-state index in [0.717, 1.165) is 22.3 Å². The molecule has 1 aliphatic carbocycles. The molecule has 4 rings (SSSR count). The molecule has 0 bridgehead atoms. The predicted octanol–water partition coefficient (Wildman–Crippen LogP) is 4.57. The molecule has 0 fully saturated rings. The van der Waals surface area contributed by atoms with Gasteiger partial charge in [0.05, 0.1) is 5.69 Å². The van der Waals surface area contributed by atoms with E-state index >= 15 is 0 Å². The average molecular weight is 459 g/mol. The third-order valence-electron chi connectivity index (χ3n) is 4.64. The Labute approximate surface area is 173 Å². The number of alkyl carbamates (subject to hydrolysis) is 1. The number of carboxylic acids is 1. The van der Waals surface area contributed by atoms with Crippen LogP contribution in [-0.4, -0.2) is 28.8 Å². The highest BCUT2D eigenvalue weighted by Crippen LogP contribution is 2.44. The first-order valence-electron chi connectivity index (χ1n) is 8.50. The third-order valence-corrected chi connectivity index (χ3v) is 6.03. The van der Waals surface area contributed by atoms with Crippen LogP contribution in [-0.2, 0) is 9.53 Å². The van der Waals surface area contributed by atoms with Gasteiger partial charge in [0.1, 0.15) is 6.61 Å².